The van der Waals surface area contributed by atoms with Crippen LogP contribution < -0.4 is 10.3 Å². The van der Waals surface area contributed by atoms with Crippen LogP contribution in [-0.4, -0.2) is 21.6 Å². The third kappa shape index (κ3) is 3.18. The summed E-state index contributed by atoms with van der Waals surface area (Å²) in [7, 11) is 0. The van der Waals surface area contributed by atoms with Gasteiger partial charge in [0, 0.05) is 4.88 Å². The number of aromatic nitrogens is 3. The van der Waals surface area contributed by atoms with E-state index in [1.807, 2.05) is 31.2 Å². The maximum absolute atomic E-state index is 12.8. The molecule has 130 valence electrons. The Bertz CT molecular complexity index is 959. The zero-order chi connectivity index (χ0) is 17.4. The second kappa shape index (κ2) is 6.59. The number of benzene rings is 1. The lowest BCUT2D eigenvalue weighted by Crippen LogP contribution is -2.27. The van der Waals surface area contributed by atoms with Crippen molar-refractivity contribution in [3.8, 4) is 5.75 Å². The summed E-state index contributed by atoms with van der Waals surface area (Å²) in [5, 5.41) is 9.16. The van der Waals surface area contributed by atoms with Gasteiger partial charge in [-0.3, -0.25) is 4.79 Å². The van der Waals surface area contributed by atoms with Crippen LogP contribution >= 0.6 is 11.3 Å². The topological polar surface area (TPSA) is 57.0 Å². The van der Waals surface area contributed by atoms with Crippen LogP contribution in [0, 0.1) is 12.8 Å². The highest BCUT2D eigenvalue weighted by Crippen LogP contribution is 2.35. The zero-order valence-corrected chi connectivity index (χ0v) is 15.3. The van der Waals surface area contributed by atoms with Gasteiger partial charge in [0.2, 0.25) is 0 Å². The molecule has 25 heavy (non-hydrogen) atoms. The summed E-state index contributed by atoms with van der Waals surface area (Å²) < 4.78 is 7.15. The van der Waals surface area contributed by atoms with Crippen LogP contribution in [0.1, 0.15) is 29.3 Å². The van der Waals surface area contributed by atoms with Gasteiger partial charge in [0.25, 0.3) is 5.56 Å². The van der Waals surface area contributed by atoms with Crippen LogP contribution in [0.15, 0.2) is 29.1 Å². The number of thiophene rings is 1. The fourth-order valence-corrected chi connectivity index (χ4v) is 4.64. The SMILES string of the molecule is Cc1ccc(OCCn2nnc3sc4c(c3c2=O)CC[C@@H](C)C4)cc1. The first kappa shape index (κ1) is 16.3. The van der Waals surface area contributed by atoms with Gasteiger partial charge in [-0.2, -0.15) is 0 Å². The lowest BCUT2D eigenvalue weighted by molar-refractivity contribution is 0.285. The normalized spacial score (nSPS) is 16.8. The first-order valence-electron chi connectivity index (χ1n) is 8.69. The van der Waals surface area contributed by atoms with E-state index in [1.54, 1.807) is 11.3 Å². The van der Waals surface area contributed by atoms with Gasteiger partial charge in [-0.15, -0.1) is 16.4 Å². The first-order valence-corrected chi connectivity index (χ1v) is 9.51. The van der Waals surface area contributed by atoms with E-state index in [-0.39, 0.29) is 5.56 Å². The summed E-state index contributed by atoms with van der Waals surface area (Å²) in [5.74, 6) is 1.48. The average Bonchev–Trinajstić information content (AvgIpc) is 2.97. The number of rotatable bonds is 4. The molecule has 0 aliphatic heterocycles. The molecular weight excluding hydrogens is 334 g/mol. The van der Waals surface area contributed by atoms with Gasteiger partial charge in [0.1, 0.15) is 12.4 Å². The van der Waals surface area contributed by atoms with Gasteiger partial charge in [0.05, 0.1) is 11.9 Å². The number of nitrogens with zero attached hydrogens (tertiary/aromatic N) is 3. The summed E-state index contributed by atoms with van der Waals surface area (Å²) in [6, 6.07) is 7.88. The van der Waals surface area contributed by atoms with E-state index in [1.165, 1.54) is 20.7 Å². The molecule has 2 heterocycles. The Labute approximate surface area is 150 Å². The van der Waals surface area contributed by atoms with Crippen molar-refractivity contribution in [1.82, 2.24) is 15.0 Å². The highest BCUT2D eigenvalue weighted by atomic mass is 32.1. The molecule has 0 radical (unpaired) electrons. The van der Waals surface area contributed by atoms with Crippen molar-refractivity contribution in [1.29, 1.82) is 0 Å². The van der Waals surface area contributed by atoms with Gasteiger partial charge in [0.15, 0.2) is 4.83 Å². The van der Waals surface area contributed by atoms with E-state index in [4.69, 9.17) is 4.74 Å². The number of hydrogen-bond acceptors (Lipinski definition) is 5. The van der Waals surface area contributed by atoms with Crippen molar-refractivity contribution >= 4 is 21.6 Å². The van der Waals surface area contributed by atoms with Gasteiger partial charge in [-0.05, 0) is 49.8 Å². The van der Waals surface area contributed by atoms with Crippen molar-refractivity contribution < 1.29 is 4.74 Å². The Kier molecular flexibility index (Phi) is 4.29. The number of hydrogen-bond donors (Lipinski definition) is 0. The molecule has 3 aromatic rings. The highest BCUT2D eigenvalue weighted by Gasteiger charge is 2.23. The molecule has 1 atom stereocenters. The monoisotopic (exact) mass is 355 g/mol. The zero-order valence-electron chi connectivity index (χ0n) is 14.5. The molecule has 1 aliphatic rings. The summed E-state index contributed by atoms with van der Waals surface area (Å²) in [6.07, 6.45) is 3.15. The lowest BCUT2D eigenvalue weighted by atomic mass is 9.89. The molecule has 0 amide bonds. The molecule has 2 aromatic heterocycles. The molecule has 1 aromatic carbocycles. The Hall–Kier alpha value is -2.21. The minimum absolute atomic E-state index is 0.0374. The minimum atomic E-state index is -0.0374. The van der Waals surface area contributed by atoms with Crippen LogP contribution in [0.25, 0.3) is 10.2 Å². The number of ether oxygens (including phenoxy) is 1. The van der Waals surface area contributed by atoms with Gasteiger partial charge >= 0.3 is 0 Å². The standard InChI is InChI=1S/C19H21N3O2S/c1-12-3-6-14(7-4-12)24-10-9-22-19(23)17-15-8-5-13(2)11-16(15)25-18(17)20-21-22/h3-4,6-7,13H,5,8-11H2,1-2H3/t13-/m1/s1. The fourth-order valence-electron chi connectivity index (χ4n) is 3.32. The molecule has 0 saturated heterocycles. The van der Waals surface area contributed by atoms with Gasteiger partial charge in [-0.1, -0.05) is 29.8 Å². The fraction of sp³-hybridized carbons (Fsp3) is 0.421. The van der Waals surface area contributed by atoms with E-state index in [2.05, 4.69) is 17.2 Å². The molecule has 0 fully saturated rings. The van der Waals surface area contributed by atoms with Crippen molar-refractivity contribution in [2.24, 2.45) is 5.92 Å². The third-order valence-electron chi connectivity index (χ3n) is 4.78. The number of fused-ring (bicyclic) bond motifs is 3. The minimum Gasteiger partial charge on any atom is -0.492 e. The van der Waals surface area contributed by atoms with Crippen molar-refractivity contribution in [3.05, 3.63) is 50.6 Å². The van der Waals surface area contributed by atoms with Crippen molar-refractivity contribution in [2.75, 3.05) is 6.61 Å². The predicted octanol–water partition coefficient (Wildman–Crippen LogP) is 3.37. The van der Waals surface area contributed by atoms with Crippen LogP contribution in [0.2, 0.25) is 0 Å². The molecule has 4 rings (SSSR count). The molecular formula is C19H21N3O2S. The lowest BCUT2D eigenvalue weighted by Gasteiger charge is -2.17. The van der Waals surface area contributed by atoms with E-state index in [9.17, 15) is 4.79 Å². The summed E-state index contributed by atoms with van der Waals surface area (Å²) in [4.78, 5) is 14.9. The second-order valence-corrected chi connectivity index (χ2v) is 7.89. The molecule has 0 bridgehead atoms. The average molecular weight is 355 g/mol. The van der Waals surface area contributed by atoms with E-state index in [0.717, 1.165) is 35.2 Å². The summed E-state index contributed by atoms with van der Waals surface area (Å²) >= 11 is 1.63. The molecule has 5 nitrogen and oxygen atoms in total. The maximum Gasteiger partial charge on any atom is 0.278 e. The smallest absolute Gasteiger partial charge is 0.278 e. The van der Waals surface area contributed by atoms with E-state index in [0.29, 0.717) is 19.1 Å². The molecule has 6 heteroatoms. The first-order chi connectivity index (χ1) is 12.1. The van der Waals surface area contributed by atoms with Gasteiger partial charge < -0.3 is 4.74 Å². The Morgan fingerprint density at radius 1 is 1.32 bits per heavy atom. The third-order valence-corrected chi connectivity index (χ3v) is 5.92. The highest BCUT2D eigenvalue weighted by molar-refractivity contribution is 7.18. The van der Waals surface area contributed by atoms with Crippen LogP contribution in [0.5, 0.6) is 5.75 Å². The van der Waals surface area contributed by atoms with E-state index >= 15 is 0 Å². The number of aryl methyl sites for hydroxylation is 2. The molecule has 0 saturated carbocycles. The van der Waals surface area contributed by atoms with Crippen LogP contribution in [0.4, 0.5) is 0 Å². The predicted molar refractivity (Wildman–Crippen MR) is 99.5 cm³/mol. The Morgan fingerprint density at radius 3 is 2.92 bits per heavy atom. The van der Waals surface area contributed by atoms with Gasteiger partial charge in [-0.25, -0.2) is 4.68 Å². The largest absolute Gasteiger partial charge is 0.492 e. The molecule has 0 spiro atoms. The molecule has 0 unspecified atom stereocenters. The Balaban J connectivity index is 1.55. The van der Waals surface area contributed by atoms with Crippen molar-refractivity contribution in [2.45, 2.75) is 39.7 Å². The van der Waals surface area contributed by atoms with Crippen LogP contribution in [0.3, 0.4) is 0 Å². The quantitative estimate of drug-likeness (QED) is 0.720. The molecule has 0 N–H and O–H groups in total. The van der Waals surface area contributed by atoms with Crippen LogP contribution in [-0.2, 0) is 19.4 Å². The summed E-state index contributed by atoms with van der Waals surface area (Å²) in [5.41, 5.74) is 2.35. The second-order valence-electron chi connectivity index (χ2n) is 6.81. The molecule has 1 aliphatic carbocycles. The summed E-state index contributed by atoms with van der Waals surface area (Å²) in [6.45, 7) is 5.10. The Morgan fingerprint density at radius 2 is 2.12 bits per heavy atom. The maximum atomic E-state index is 12.8. The van der Waals surface area contributed by atoms with E-state index < -0.39 is 0 Å². The van der Waals surface area contributed by atoms with Crippen molar-refractivity contribution in [3.63, 3.8) is 0 Å².